The summed E-state index contributed by atoms with van der Waals surface area (Å²) in [7, 11) is -4.08. The molecule has 0 saturated carbocycles. The standard InChI is InChI=1S/C10H12N4O3S/c1-2-8-12-13-14(10(11)15)18(16,17)9-6-4-3-5-7-9/h2-8,13H,1H2,(H2,11,15). The van der Waals surface area contributed by atoms with E-state index >= 15 is 0 Å². The van der Waals surface area contributed by atoms with Gasteiger partial charge in [-0.25, -0.2) is 4.79 Å². The summed E-state index contributed by atoms with van der Waals surface area (Å²) in [6.07, 6.45) is 2.48. The zero-order valence-corrected chi connectivity index (χ0v) is 10.2. The lowest BCUT2D eigenvalue weighted by atomic mass is 10.4. The van der Waals surface area contributed by atoms with Crippen molar-refractivity contribution in [3.05, 3.63) is 43.0 Å². The molecule has 0 saturated heterocycles. The Morgan fingerprint density at radius 3 is 2.50 bits per heavy atom. The lowest BCUT2D eigenvalue weighted by molar-refractivity contribution is 0.220. The maximum Gasteiger partial charge on any atom is 0.349 e. The normalized spacial score (nSPS) is 11.1. The first kappa shape index (κ1) is 13.7. The van der Waals surface area contributed by atoms with Gasteiger partial charge in [-0.1, -0.05) is 24.8 Å². The van der Waals surface area contributed by atoms with Crippen LogP contribution in [0.1, 0.15) is 0 Å². The molecule has 0 bridgehead atoms. The van der Waals surface area contributed by atoms with Gasteiger partial charge in [0.05, 0.1) is 4.90 Å². The molecule has 0 radical (unpaired) electrons. The number of nitrogens with zero attached hydrogens (tertiary/aromatic N) is 2. The summed E-state index contributed by atoms with van der Waals surface area (Å²) in [6, 6.07) is 6.18. The van der Waals surface area contributed by atoms with E-state index in [0.29, 0.717) is 0 Å². The number of sulfonamides is 1. The van der Waals surface area contributed by atoms with Gasteiger partial charge in [0.2, 0.25) is 0 Å². The number of carbonyl (C=O) groups is 1. The molecule has 0 spiro atoms. The number of primary amides is 1. The number of urea groups is 1. The highest BCUT2D eigenvalue weighted by atomic mass is 32.2. The topological polar surface area (TPSA) is 105 Å². The van der Waals surface area contributed by atoms with Crippen LogP contribution in [0.5, 0.6) is 0 Å². The molecule has 2 amide bonds. The number of nitrogens with one attached hydrogen (secondary N) is 1. The number of rotatable bonds is 5. The summed E-state index contributed by atoms with van der Waals surface area (Å²) in [6.45, 7) is 3.35. The highest BCUT2D eigenvalue weighted by Gasteiger charge is 2.27. The van der Waals surface area contributed by atoms with Gasteiger partial charge in [-0.3, -0.25) is 0 Å². The minimum atomic E-state index is -4.08. The molecule has 1 aromatic rings. The molecule has 7 nitrogen and oxygen atoms in total. The van der Waals surface area contributed by atoms with E-state index in [1.54, 1.807) is 6.07 Å². The van der Waals surface area contributed by atoms with Crippen LogP contribution in [0.4, 0.5) is 4.79 Å². The second kappa shape index (κ2) is 5.82. The second-order valence-electron chi connectivity index (χ2n) is 3.03. The number of amides is 2. The van der Waals surface area contributed by atoms with Crippen molar-refractivity contribution in [2.24, 2.45) is 10.8 Å². The smallest absolute Gasteiger partial charge is 0.349 e. The Hall–Kier alpha value is -2.35. The quantitative estimate of drug-likeness (QED) is 0.596. The van der Waals surface area contributed by atoms with Crippen molar-refractivity contribution in [3.63, 3.8) is 0 Å². The molecule has 1 aromatic carbocycles. The zero-order chi connectivity index (χ0) is 13.6. The van der Waals surface area contributed by atoms with Crippen molar-refractivity contribution in [1.82, 2.24) is 9.95 Å². The fourth-order valence-electron chi connectivity index (χ4n) is 1.06. The number of benzene rings is 1. The summed E-state index contributed by atoms with van der Waals surface area (Å²) in [5.41, 5.74) is 7.02. The molecule has 0 heterocycles. The average molecular weight is 268 g/mol. The number of allylic oxidation sites excluding steroid dienone is 1. The van der Waals surface area contributed by atoms with Crippen LogP contribution in [-0.2, 0) is 10.0 Å². The Balaban J connectivity index is 3.09. The molecule has 18 heavy (non-hydrogen) atoms. The molecule has 1 rings (SSSR count). The van der Waals surface area contributed by atoms with E-state index in [4.69, 9.17) is 5.73 Å². The zero-order valence-electron chi connectivity index (χ0n) is 9.35. The molecule has 0 aliphatic heterocycles. The van der Waals surface area contributed by atoms with Gasteiger partial charge in [-0.2, -0.15) is 19.1 Å². The maximum absolute atomic E-state index is 12.0. The van der Waals surface area contributed by atoms with Crippen LogP contribution in [0.2, 0.25) is 0 Å². The van der Waals surface area contributed by atoms with Gasteiger partial charge in [0.15, 0.2) is 0 Å². The third-order valence-electron chi connectivity index (χ3n) is 1.81. The largest absolute Gasteiger partial charge is 0.349 e. The third-order valence-corrected chi connectivity index (χ3v) is 3.42. The lowest BCUT2D eigenvalue weighted by Crippen LogP contribution is -2.47. The summed E-state index contributed by atoms with van der Waals surface area (Å²) in [4.78, 5) is 11.0. The highest BCUT2D eigenvalue weighted by molar-refractivity contribution is 7.89. The summed E-state index contributed by atoms with van der Waals surface area (Å²) in [5, 5.41) is 3.46. The van der Waals surface area contributed by atoms with E-state index in [0.717, 1.165) is 0 Å². The van der Waals surface area contributed by atoms with E-state index in [1.807, 2.05) is 5.53 Å². The van der Waals surface area contributed by atoms with Crippen LogP contribution < -0.4 is 11.3 Å². The van der Waals surface area contributed by atoms with Crippen molar-refractivity contribution < 1.29 is 13.2 Å². The fraction of sp³-hybridized carbons (Fsp3) is 0. The number of hydrazine groups is 1. The Kier molecular flexibility index (Phi) is 4.44. The molecule has 3 N–H and O–H groups in total. The minimum absolute atomic E-state index is 0.0786. The summed E-state index contributed by atoms with van der Waals surface area (Å²) < 4.78 is 24.3. The van der Waals surface area contributed by atoms with Crippen molar-refractivity contribution in [1.29, 1.82) is 0 Å². The molecule has 0 fully saturated rings. The van der Waals surface area contributed by atoms with E-state index in [2.05, 4.69) is 11.7 Å². The number of hydrogen-bond acceptors (Lipinski definition) is 5. The van der Waals surface area contributed by atoms with Crippen molar-refractivity contribution >= 4 is 22.3 Å². The van der Waals surface area contributed by atoms with Gasteiger partial charge in [-0.05, 0) is 18.2 Å². The van der Waals surface area contributed by atoms with E-state index in [-0.39, 0.29) is 9.31 Å². The number of nitrogens with two attached hydrogens (primary N) is 1. The van der Waals surface area contributed by atoms with E-state index in [9.17, 15) is 13.2 Å². The van der Waals surface area contributed by atoms with Crippen molar-refractivity contribution in [2.75, 3.05) is 0 Å². The van der Waals surface area contributed by atoms with Gasteiger partial charge in [0.1, 0.15) is 0 Å². The van der Waals surface area contributed by atoms with E-state index < -0.39 is 16.1 Å². The number of carbonyl (C=O) groups excluding carboxylic acids is 1. The van der Waals surface area contributed by atoms with Gasteiger partial charge >= 0.3 is 6.03 Å². The molecule has 0 aliphatic carbocycles. The Morgan fingerprint density at radius 2 is 2.00 bits per heavy atom. The lowest BCUT2D eigenvalue weighted by Gasteiger charge is -2.18. The number of hydrazone groups is 1. The monoisotopic (exact) mass is 268 g/mol. The predicted molar refractivity (Wildman–Crippen MR) is 66.9 cm³/mol. The minimum Gasteiger partial charge on any atom is -0.349 e. The molecule has 0 aliphatic rings. The third kappa shape index (κ3) is 3.08. The summed E-state index contributed by atoms with van der Waals surface area (Å²) in [5.74, 6) is 0. The highest BCUT2D eigenvalue weighted by Crippen LogP contribution is 2.12. The maximum atomic E-state index is 12.0. The first-order chi connectivity index (χ1) is 8.50. The van der Waals surface area contributed by atoms with Crippen LogP contribution in [0, 0.1) is 0 Å². The van der Waals surface area contributed by atoms with Gasteiger partial charge in [0.25, 0.3) is 10.0 Å². The average Bonchev–Trinajstić information content (AvgIpc) is 2.35. The molecule has 8 heteroatoms. The van der Waals surface area contributed by atoms with Crippen LogP contribution in [0.3, 0.4) is 0 Å². The van der Waals surface area contributed by atoms with Crippen LogP contribution in [0.25, 0.3) is 0 Å². The fourth-order valence-corrected chi connectivity index (χ4v) is 2.16. The van der Waals surface area contributed by atoms with Crippen LogP contribution in [-0.4, -0.2) is 25.1 Å². The summed E-state index contributed by atoms with van der Waals surface area (Å²) >= 11 is 0. The van der Waals surface area contributed by atoms with Crippen molar-refractivity contribution in [3.8, 4) is 0 Å². The SMILES string of the molecule is C=CC=NNN(C(N)=O)S(=O)(=O)c1ccccc1. The Morgan fingerprint density at radius 1 is 1.39 bits per heavy atom. The van der Waals surface area contributed by atoms with E-state index in [1.165, 1.54) is 36.6 Å². The molecule has 0 atom stereocenters. The van der Waals surface area contributed by atoms with Crippen molar-refractivity contribution in [2.45, 2.75) is 4.90 Å². The molecule has 0 aromatic heterocycles. The first-order valence-electron chi connectivity index (χ1n) is 4.79. The molecule has 0 unspecified atom stereocenters. The first-order valence-corrected chi connectivity index (χ1v) is 6.23. The molecule has 96 valence electrons. The van der Waals surface area contributed by atoms with Gasteiger partial charge < -0.3 is 5.73 Å². The van der Waals surface area contributed by atoms with Gasteiger partial charge in [-0.15, -0.1) is 4.41 Å². The van der Waals surface area contributed by atoms with Crippen LogP contribution in [0.15, 0.2) is 53.0 Å². The number of hydrogen-bond donors (Lipinski definition) is 2. The molecular weight excluding hydrogens is 256 g/mol. The van der Waals surface area contributed by atoms with Crippen LogP contribution >= 0.6 is 0 Å². The Bertz CT molecular complexity index is 554. The van der Waals surface area contributed by atoms with Gasteiger partial charge in [0, 0.05) is 6.21 Å². The Labute approximate surface area is 105 Å². The predicted octanol–water partition coefficient (Wildman–Crippen LogP) is 0.432. The second-order valence-corrected chi connectivity index (χ2v) is 4.82. The molecular formula is C10H12N4O3S.